The highest BCUT2D eigenvalue weighted by Gasteiger charge is 2.53. The van der Waals surface area contributed by atoms with Gasteiger partial charge in [-0.1, -0.05) is 15.9 Å². The molecular weight excluding hydrogens is 288 g/mol. The molecule has 96 valence electrons. The number of carbonyl (C=O) groups is 2. The van der Waals surface area contributed by atoms with Gasteiger partial charge < -0.3 is 9.47 Å². The summed E-state index contributed by atoms with van der Waals surface area (Å²) in [7, 11) is 0. The van der Waals surface area contributed by atoms with Crippen LogP contribution >= 0.6 is 15.9 Å². The highest BCUT2D eigenvalue weighted by Crippen LogP contribution is 2.53. The van der Waals surface area contributed by atoms with Gasteiger partial charge in [-0.2, -0.15) is 0 Å². The Morgan fingerprint density at radius 3 is 2.24 bits per heavy atom. The third-order valence-electron chi connectivity index (χ3n) is 2.75. The highest BCUT2D eigenvalue weighted by molar-refractivity contribution is 9.09. The second kappa shape index (κ2) is 6.19. The lowest BCUT2D eigenvalue weighted by atomic mass is 9.97. The van der Waals surface area contributed by atoms with Crippen molar-refractivity contribution in [3.8, 4) is 0 Å². The normalized spacial score (nSPS) is 17.5. The maximum Gasteiger partial charge on any atom is 0.330 e. The zero-order chi connectivity index (χ0) is 12.9. The van der Waals surface area contributed by atoms with Crippen molar-refractivity contribution in [2.45, 2.75) is 26.7 Å². The molecule has 1 fully saturated rings. The largest absolute Gasteiger partial charge is 0.465 e. The van der Waals surface area contributed by atoms with E-state index in [-0.39, 0.29) is 5.97 Å². The summed E-state index contributed by atoms with van der Waals surface area (Å²) in [5.41, 5.74) is 0.154. The van der Waals surface area contributed by atoms with E-state index in [1.54, 1.807) is 13.8 Å². The second-order valence-electron chi connectivity index (χ2n) is 3.86. The van der Waals surface area contributed by atoms with Gasteiger partial charge in [-0.3, -0.25) is 4.79 Å². The fourth-order valence-corrected chi connectivity index (χ4v) is 2.38. The molecule has 0 bridgehead atoms. The van der Waals surface area contributed by atoms with Crippen LogP contribution in [0, 0.1) is 5.41 Å². The predicted molar refractivity (Wildman–Crippen MR) is 66.8 cm³/mol. The summed E-state index contributed by atoms with van der Waals surface area (Å²) in [5.74, 6) is -0.646. The molecule has 0 spiro atoms. The molecule has 1 aliphatic carbocycles. The Morgan fingerprint density at radius 2 is 1.82 bits per heavy atom. The number of hydrogen-bond donors (Lipinski definition) is 0. The van der Waals surface area contributed by atoms with Gasteiger partial charge in [0.1, 0.15) is 0 Å². The van der Waals surface area contributed by atoms with Crippen LogP contribution in [0.4, 0.5) is 0 Å². The van der Waals surface area contributed by atoms with Gasteiger partial charge in [-0.05, 0) is 32.3 Å². The number of rotatable bonds is 6. The molecule has 0 N–H and O–H groups in total. The van der Waals surface area contributed by atoms with E-state index in [4.69, 9.17) is 9.47 Å². The van der Waals surface area contributed by atoms with E-state index in [0.717, 1.165) is 18.4 Å². The Labute approximate surface area is 109 Å². The third kappa shape index (κ3) is 3.31. The van der Waals surface area contributed by atoms with Crippen molar-refractivity contribution in [3.63, 3.8) is 0 Å². The van der Waals surface area contributed by atoms with E-state index in [0.29, 0.717) is 18.5 Å². The van der Waals surface area contributed by atoms with Gasteiger partial charge in [0, 0.05) is 11.4 Å². The Kier molecular flexibility index (Phi) is 5.18. The lowest BCUT2D eigenvalue weighted by molar-refractivity contribution is -0.148. The van der Waals surface area contributed by atoms with Crippen molar-refractivity contribution in [1.82, 2.24) is 0 Å². The molecule has 0 aliphatic heterocycles. The van der Waals surface area contributed by atoms with Gasteiger partial charge in [-0.15, -0.1) is 0 Å². The zero-order valence-corrected chi connectivity index (χ0v) is 11.7. The Balaban J connectivity index is 2.80. The van der Waals surface area contributed by atoms with Crippen molar-refractivity contribution < 1.29 is 19.1 Å². The first-order chi connectivity index (χ1) is 8.10. The van der Waals surface area contributed by atoms with Crippen LogP contribution < -0.4 is 0 Å². The van der Waals surface area contributed by atoms with Crippen LogP contribution in [0.15, 0.2) is 11.6 Å². The molecule has 0 saturated heterocycles. The Morgan fingerprint density at radius 1 is 1.24 bits per heavy atom. The molecule has 1 rings (SSSR count). The maximum atomic E-state index is 11.8. The van der Waals surface area contributed by atoms with Crippen molar-refractivity contribution in [2.75, 3.05) is 18.5 Å². The topological polar surface area (TPSA) is 52.6 Å². The van der Waals surface area contributed by atoms with E-state index in [2.05, 4.69) is 15.9 Å². The lowest BCUT2D eigenvalue weighted by Gasteiger charge is -2.15. The fourth-order valence-electron chi connectivity index (χ4n) is 1.68. The monoisotopic (exact) mass is 304 g/mol. The summed E-state index contributed by atoms with van der Waals surface area (Å²) < 4.78 is 9.89. The molecule has 0 unspecified atom stereocenters. The molecule has 17 heavy (non-hydrogen) atoms. The molecule has 1 saturated carbocycles. The molecule has 0 aromatic heterocycles. The standard InChI is InChI=1S/C12H17BrO4/c1-3-16-10(14)7-9(8-13)12(5-6-12)11(15)17-4-2/h7H,3-6,8H2,1-2H3/b9-7-. The SMILES string of the molecule is CCOC(=O)/C=C(/CBr)C1(C(=O)OCC)CC1. The molecule has 5 heteroatoms. The van der Waals surface area contributed by atoms with E-state index in [1.165, 1.54) is 6.08 Å². The van der Waals surface area contributed by atoms with Crippen LogP contribution in [-0.2, 0) is 19.1 Å². The second-order valence-corrected chi connectivity index (χ2v) is 4.42. The van der Waals surface area contributed by atoms with Gasteiger partial charge in [0.2, 0.25) is 0 Å². The number of halogens is 1. The quantitative estimate of drug-likeness (QED) is 0.429. The summed E-state index contributed by atoms with van der Waals surface area (Å²) in [5, 5.41) is 0.477. The van der Waals surface area contributed by atoms with E-state index in [9.17, 15) is 9.59 Å². The van der Waals surface area contributed by atoms with Gasteiger partial charge in [-0.25, -0.2) is 4.79 Å². The average Bonchev–Trinajstić information content (AvgIpc) is 3.08. The van der Waals surface area contributed by atoms with Crippen LogP contribution in [0.3, 0.4) is 0 Å². The predicted octanol–water partition coefficient (Wildman–Crippen LogP) is 2.21. The van der Waals surface area contributed by atoms with Crippen molar-refractivity contribution in [2.24, 2.45) is 5.41 Å². The minimum Gasteiger partial charge on any atom is -0.465 e. The first kappa shape index (κ1) is 14.2. The molecule has 0 radical (unpaired) electrons. The minimum absolute atomic E-state index is 0.241. The van der Waals surface area contributed by atoms with Crippen LogP contribution in [0.2, 0.25) is 0 Å². The van der Waals surface area contributed by atoms with E-state index in [1.807, 2.05) is 0 Å². The zero-order valence-electron chi connectivity index (χ0n) is 10.1. The van der Waals surface area contributed by atoms with E-state index < -0.39 is 11.4 Å². The summed E-state index contributed by atoms with van der Waals surface area (Å²) in [6.45, 7) is 4.21. The number of ether oxygens (including phenoxy) is 2. The Bertz CT molecular complexity index is 331. The number of carbonyl (C=O) groups excluding carboxylic acids is 2. The van der Waals surface area contributed by atoms with Crippen LogP contribution in [0.5, 0.6) is 0 Å². The number of alkyl halides is 1. The molecule has 1 aliphatic rings. The molecular formula is C12H17BrO4. The first-order valence-electron chi connectivity index (χ1n) is 5.71. The molecule has 0 aromatic rings. The smallest absolute Gasteiger partial charge is 0.330 e. The van der Waals surface area contributed by atoms with Crippen LogP contribution in [0.1, 0.15) is 26.7 Å². The summed E-state index contributed by atoms with van der Waals surface area (Å²) in [6, 6.07) is 0. The summed E-state index contributed by atoms with van der Waals surface area (Å²) >= 11 is 3.31. The van der Waals surface area contributed by atoms with Gasteiger partial charge in [0.25, 0.3) is 0 Å². The lowest BCUT2D eigenvalue weighted by Crippen LogP contribution is -2.23. The van der Waals surface area contributed by atoms with Gasteiger partial charge in [0.05, 0.1) is 18.6 Å². The van der Waals surface area contributed by atoms with Gasteiger partial charge in [0.15, 0.2) is 0 Å². The third-order valence-corrected chi connectivity index (χ3v) is 3.36. The fraction of sp³-hybridized carbons (Fsp3) is 0.667. The number of hydrogen-bond acceptors (Lipinski definition) is 4. The van der Waals surface area contributed by atoms with Crippen molar-refractivity contribution in [3.05, 3.63) is 11.6 Å². The molecule has 0 heterocycles. The molecule has 0 amide bonds. The van der Waals surface area contributed by atoms with Crippen molar-refractivity contribution >= 4 is 27.9 Å². The highest BCUT2D eigenvalue weighted by atomic mass is 79.9. The first-order valence-corrected chi connectivity index (χ1v) is 6.83. The number of esters is 2. The Hall–Kier alpha value is -0.840. The summed E-state index contributed by atoms with van der Waals surface area (Å²) in [4.78, 5) is 23.2. The molecule has 0 aromatic carbocycles. The maximum absolute atomic E-state index is 11.8. The van der Waals surface area contributed by atoms with Crippen LogP contribution in [-0.4, -0.2) is 30.5 Å². The minimum atomic E-state index is -0.591. The molecule has 4 nitrogen and oxygen atoms in total. The molecule has 0 atom stereocenters. The van der Waals surface area contributed by atoms with E-state index >= 15 is 0 Å². The summed E-state index contributed by atoms with van der Waals surface area (Å²) in [6.07, 6.45) is 2.88. The average molecular weight is 305 g/mol. The van der Waals surface area contributed by atoms with Crippen LogP contribution in [0.25, 0.3) is 0 Å². The van der Waals surface area contributed by atoms with Gasteiger partial charge >= 0.3 is 11.9 Å². The van der Waals surface area contributed by atoms with Crippen molar-refractivity contribution in [1.29, 1.82) is 0 Å².